The lowest BCUT2D eigenvalue weighted by atomic mass is 10.1. The maximum Gasteiger partial charge on any atom is 0.227 e. The second-order valence-corrected chi connectivity index (χ2v) is 7.29. The first-order valence-corrected chi connectivity index (χ1v) is 9.27. The predicted molar refractivity (Wildman–Crippen MR) is 99.0 cm³/mol. The Morgan fingerprint density at radius 3 is 2.92 bits per heavy atom. The molecule has 0 spiro atoms. The summed E-state index contributed by atoms with van der Waals surface area (Å²) in [5.41, 5.74) is 1.87. The van der Waals surface area contributed by atoms with Crippen molar-refractivity contribution in [2.45, 2.75) is 39.3 Å². The van der Waals surface area contributed by atoms with E-state index in [1.165, 1.54) is 0 Å². The van der Waals surface area contributed by atoms with Crippen LogP contribution in [0.2, 0.25) is 0 Å². The van der Waals surface area contributed by atoms with E-state index in [4.69, 9.17) is 4.74 Å². The second kappa shape index (κ2) is 7.70. The molecule has 0 bridgehead atoms. The van der Waals surface area contributed by atoms with Crippen LogP contribution in [0.1, 0.15) is 30.2 Å². The molecule has 0 saturated heterocycles. The number of ether oxygens (including phenoxy) is 1. The van der Waals surface area contributed by atoms with Crippen LogP contribution in [0.25, 0.3) is 0 Å². The molecular formula is C19H22N2O3S. The fraction of sp³-hybridized carbons (Fsp3) is 0.368. The quantitative estimate of drug-likeness (QED) is 0.892. The summed E-state index contributed by atoms with van der Waals surface area (Å²) in [6.45, 7) is 4.95. The maximum atomic E-state index is 12.6. The van der Waals surface area contributed by atoms with Gasteiger partial charge in [0.15, 0.2) is 0 Å². The van der Waals surface area contributed by atoms with Crippen molar-refractivity contribution in [1.29, 1.82) is 0 Å². The van der Waals surface area contributed by atoms with Crippen molar-refractivity contribution < 1.29 is 14.3 Å². The Kier molecular flexibility index (Phi) is 5.38. The zero-order chi connectivity index (χ0) is 17.8. The van der Waals surface area contributed by atoms with Crippen LogP contribution in [0.15, 0.2) is 35.7 Å². The third-order valence-electron chi connectivity index (χ3n) is 4.08. The fourth-order valence-electron chi connectivity index (χ4n) is 2.83. The summed E-state index contributed by atoms with van der Waals surface area (Å²) in [4.78, 5) is 27.5. The van der Waals surface area contributed by atoms with Gasteiger partial charge >= 0.3 is 0 Å². The average Bonchev–Trinajstić information content (AvgIpc) is 3.11. The lowest BCUT2D eigenvalue weighted by molar-refractivity contribution is -0.125. The third kappa shape index (κ3) is 4.39. The first-order chi connectivity index (χ1) is 12.0. The maximum absolute atomic E-state index is 12.6. The minimum absolute atomic E-state index is 0.0479. The summed E-state index contributed by atoms with van der Waals surface area (Å²) >= 11 is 1.60. The van der Waals surface area contributed by atoms with Crippen LogP contribution in [0, 0.1) is 6.92 Å². The Hall–Kier alpha value is -2.34. The lowest BCUT2D eigenvalue weighted by Crippen LogP contribution is -2.42. The Morgan fingerprint density at radius 2 is 2.16 bits per heavy atom. The summed E-state index contributed by atoms with van der Waals surface area (Å²) in [5, 5.41) is 4.83. The van der Waals surface area contributed by atoms with E-state index in [-0.39, 0.29) is 30.8 Å². The lowest BCUT2D eigenvalue weighted by Gasteiger charge is -2.33. The first kappa shape index (κ1) is 17.5. The number of hydrogen-bond donors (Lipinski definition) is 1. The largest absolute Gasteiger partial charge is 0.487 e. The summed E-state index contributed by atoms with van der Waals surface area (Å²) in [6.07, 6.45) is 0.319. The molecule has 1 N–H and O–H groups in total. The van der Waals surface area contributed by atoms with E-state index in [2.05, 4.69) is 5.32 Å². The molecule has 0 fully saturated rings. The van der Waals surface area contributed by atoms with Crippen LogP contribution in [-0.2, 0) is 16.1 Å². The molecule has 1 aliphatic rings. The van der Waals surface area contributed by atoms with Gasteiger partial charge in [-0.15, -0.1) is 11.3 Å². The number of carbonyl (C=O) groups is 2. The van der Waals surface area contributed by atoms with Crippen molar-refractivity contribution >= 4 is 28.8 Å². The Labute approximate surface area is 151 Å². The van der Waals surface area contributed by atoms with E-state index in [0.29, 0.717) is 13.1 Å². The number of anilines is 1. The first-order valence-electron chi connectivity index (χ1n) is 8.39. The van der Waals surface area contributed by atoms with Gasteiger partial charge in [-0.25, -0.2) is 0 Å². The van der Waals surface area contributed by atoms with Crippen molar-refractivity contribution in [2.24, 2.45) is 0 Å². The van der Waals surface area contributed by atoms with E-state index < -0.39 is 0 Å². The number of benzene rings is 1. The zero-order valence-corrected chi connectivity index (χ0v) is 15.3. The molecule has 1 atom stereocenters. The highest BCUT2D eigenvalue weighted by Crippen LogP contribution is 2.34. The molecule has 2 heterocycles. The monoisotopic (exact) mass is 358 g/mol. The second-order valence-electron chi connectivity index (χ2n) is 6.26. The number of thiophene rings is 1. The average molecular weight is 358 g/mol. The van der Waals surface area contributed by atoms with Crippen LogP contribution < -0.4 is 15.0 Å². The van der Waals surface area contributed by atoms with E-state index in [1.807, 2.05) is 49.6 Å². The van der Waals surface area contributed by atoms with Gasteiger partial charge in [-0.3, -0.25) is 9.59 Å². The summed E-state index contributed by atoms with van der Waals surface area (Å²) in [6, 6.07) is 9.75. The Morgan fingerprint density at radius 1 is 1.32 bits per heavy atom. The van der Waals surface area contributed by atoms with Gasteiger partial charge in [0, 0.05) is 17.7 Å². The van der Waals surface area contributed by atoms with Gasteiger partial charge in [-0.05, 0) is 43.0 Å². The normalized spacial score (nSPS) is 16.1. The minimum atomic E-state index is -0.104. The highest BCUT2D eigenvalue weighted by atomic mass is 32.1. The summed E-state index contributed by atoms with van der Waals surface area (Å²) in [5.74, 6) is 0.570. The number of amides is 2. The minimum Gasteiger partial charge on any atom is -0.487 e. The fourth-order valence-corrected chi connectivity index (χ4v) is 3.47. The topological polar surface area (TPSA) is 58.6 Å². The van der Waals surface area contributed by atoms with E-state index in [9.17, 15) is 9.59 Å². The molecule has 0 saturated carbocycles. The van der Waals surface area contributed by atoms with Crippen LogP contribution in [0.5, 0.6) is 5.75 Å². The predicted octanol–water partition coefficient (Wildman–Crippen LogP) is 3.27. The number of fused-ring (bicyclic) bond motifs is 1. The van der Waals surface area contributed by atoms with Crippen molar-refractivity contribution in [3.05, 3.63) is 46.2 Å². The number of carbonyl (C=O) groups excluding carboxylic acids is 2. The summed E-state index contributed by atoms with van der Waals surface area (Å²) in [7, 11) is 0. The van der Waals surface area contributed by atoms with Crippen LogP contribution in [-0.4, -0.2) is 24.5 Å². The van der Waals surface area contributed by atoms with E-state index >= 15 is 0 Å². The molecule has 2 amide bonds. The van der Waals surface area contributed by atoms with Gasteiger partial charge in [0.05, 0.1) is 18.8 Å². The molecule has 1 aliphatic heterocycles. The Bertz CT molecular complexity index is 758. The highest BCUT2D eigenvalue weighted by Gasteiger charge is 2.27. The smallest absolute Gasteiger partial charge is 0.227 e. The Balaban J connectivity index is 1.58. The van der Waals surface area contributed by atoms with Crippen molar-refractivity contribution in [2.75, 3.05) is 11.4 Å². The van der Waals surface area contributed by atoms with Crippen molar-refractivity contribution in [1.82, 2.24) is 5.32 Å². The summed E-state index contributed by atoms with van der Waals surface area (Å²) < 4.78 is 5.80. The zero-order valence-electron chi connectivity index (χ0n) is 14.5. The molecule has 0 aliphatic carbocycles. The van der Waals surface area contributed by atoms with Gasteiger partial charge in [0.1, 0.15) is 11.9 Å². The molecule has 1 aromatic heterocycles. The van der Waals surface area contributed by atoms with Crippen molar-refractivity contribution in [3.8, 4) is 5.75 Å². The van der Waals surface area contributed by atoms with Gasteiger partial charge < -0.3 is 15.0 Å². The number of nitrogens with zero attached hydrogens (tertiary/aromatic N) is 1. The molecule has 5 nitrogen and oxygen atoms in total. The van der Waals surface area contributed by atoms with Gasteiger partial charge in [0.2, 0.25) is 11.8 Å². The van der Waals surface area contributed by atoms with Gasteiger partial charge in [-0.1, -0.05) is 12.1 Å². The molecule has 25 heavy (non-hydrogen) atoms. The third-order valence-corrected chi connectivity index (χ3v) is 4.96. The van der Waals surface area contributed by atoms with Crippen LogP contribution in [0.4, 0.5) is 5.69 Å². The van der Waals surface area contributed by atoms with Gasteiger partial charge in [-0.2, -0.15) is 0 Å². The number of aryl methyl sites for hydroxylation is 1. The molecule has 6 heteroatoms. The highest BCUT2D eigenvalue weighted by molar-refractivity contribution is 7.09. The van der Waals surface area contributed by atoms with Gasteiger partial charge in [0.25, 0.3) is 0 Å². The van der Waals surface area contributed by atoms with Crippen molar-refractivity contribution in [3.63, 3.8) is 0 Å². The van der Waals surface area contributed by atoms with Crippen LogP contribution >= 0.6 is 11.3 Å². The molecule has 3 rings (SSSR count). The molecule has 2 aromatic rings. The van der Waals surface area contributed by atoms with E-state index in [1.54, 1.807) is 16.2 Å². The molecule has 1 aromatic carbocycles. The van der Waals surface area contributed by atoms with E-state index in [0.717, 1.165) is 21.9 Å². The van der Waals surface area contributed by atoms with Crippen LogP contribution in [0.3, 0.4) is 0 Å². The number of rotatable bonds is 5. The SMILES string of the molecule is Cc1ccc2c(c1)N(C(=O)CCC(=O)NCc1cccs1)CC(C)O2. The molecule has 1 unspecified atom stereocenters. The number of nitrogens with one attached hydrogen (secondary N) is 1. The molecular weight excluding hydrogens is 336 g/mol. The molecule has 0 radical (unpaired) electrons. The number of hydrogen-bond acceptors (Lipinski definition) is 4. The standard InChI is InChI=1S/C19H22N2O3S/c1-13-5-6-17-16(10-13)21(12-14(2)24-17)19(23)8-7-18(22)20-11-15-4-3-9-25-15/h3-6,9-10,14H,7-8,11-12H2,1-2H3,(H,20,22). The molecule has 132 valence electrons.